The largest absolute Gasteiger partial charge is 0.444 e. The first-order chi connectivity index (χ1) is 10.9. The molecule has 1 aliphatic heterocycles. The van der Waals surface area contributed by atoms with Gasteiger partial charge < -0.3 is 15.0 Å². The van der Waals surface area contributed by atoms with Crippen LogP contribution in [0.3, 0.4) is 0 Å². The second kappa shape index (κ2) is 8.01. The van der Waals surface area contributed by atoms with E-state index in [4.69, 9.17) is 10.00 Å². The molecule has 2 fully saturated rings. The highest BCUT2D eigenvalue weighted by molar-refractivity contribution is 5.69. The predicted molar refractivity (Wildman–Crippen MR) is 89.9 cm³/mol. The van der Waals surface area contributed by atoms with Crippen LogP contribution < -0.4 is 5.32 Å². The van der Waals surface area contributed by atoms with Crippen molar-refractivity contribution >= 4 is 6.09 Å². The molecule has 5 heteroatoms. The molecule has 0 spiro atoms. The molecule has 2 rings (SSSR count). The van der Waals surface area contributed by atoms with Crippen molar-refractivity contribution in [1.82, 2.24) is 10.2 Å². The Morgan fingerprint density at radius 2 is 2.00 bits per heavy atom. The zero-order valence-corrected chi connectivity index (χ0v) is 14.8. The Kier molecular flexibility index (Phi) is 6.29. The SMILES string of the molecule is CC(C)(C)OC(=O)N1CCCC1C1CCCCC1NCCC#N. The number of hydrogen-bond donors (Lipinski definition) is 1. The third kappa shape index (κ3) is 5.10. The van der Waals surface area contributed by atoms with Gasteiger partial charge >= 0.3 is 6.09 Å². The van der Waals surface area contributed by atoms with Crippen LogP contribution in [0, 0.1) is 17.2 Å². The Morgan fingerprint density at radius 1 is 1.26 bits per heavy atom. The highest BCUT2D eigenvalue weighted by Gasteiger charge is 2.40. The maximum Gasteiger partial charge on any atom is 0.410 e. The molecule has 1 saturated heterocycles. The molecule has 130 valence electrons. The van der Waals surface area contributed by atoms with E-state index in [0.29, 0.717) is 18.4 Å². The van der Waals surface area contributed by atoms with Crippen molar-refractivity contribution in [3.63, 3.8) is 0 Å². The van der Waals surface area contributed by atoms with E-state index in [9.17, 15) is 4.79 Å². The molecule has 3 unspecified atom stereocenters. The van der Waals surface area contributed by atoms with E-state index >= 15 is 0 Å². The van der Waals surface area contributed by atoms with Gasteiger partial charge in [0, 0.05) is 31.6 Å². The van der Waals surface area contributed by atoms with Gasteiger partial charge in [-0.05, 0) is 52.4 Å². The van der Waals surface area contributed by atoms with Gasteiger partial charge in [-0.25, -0.2) is 4.79 Å². The van der Waals surface area contributed by atoms with E-state index in [1.165, 1.54) is 12.8 Å². The third-order valence-electron chi connectivity index (χ3n) is 4.88. The zero-order valence-electron chi connectivity index (χ0n) is 14.8. The summed E-state index contributed by atoms with van der Waals surface area (Å²) in [5.41, 5.74) is -0.443. The fraction of sp³-hybridized carbons (Fsp3) is 0.889. The summed E-state index contributed by atoms with van der Waals surface area (Å²) in [5.74, 6) is 0.484. The Bertz CT molecular complexity index is 439. The second-order valence-electron chi connectivity index (χ2n) is 7.80. The number of rotatable bonds is 4. The summed E-state index contributed by atoms with van der Waals surface area (Å²) in [5, 5.41) is 12.3. The molecule has 5 nitrogen and oxygen atoms in total. The molecule has 0 radical (unpaired) electrons. The number of nitrogens with zero attached hydrogens (tertiary/aromatic N) is 2. The molecule has 3 atom stereocenters. The topological polar surface area (TPSA) is 65.4 Å². The van der Waals surface area contributed by atoms with E-state index in [1.54, 1.807) is 0 Å². The number of hydrogen-bond acceptors (Lipinski definition) is 4. The highest BCUT2D eigenvalue weighted by atomic mass is 16.6. The van der Waals surface area contributed by atoms with Gasteiger partial charge in [-0.3, -0.25) is 0 Å². The number of nitrogens with one attached hydrogen (secondary N) is 1. The van der Waals surface area contributed by atoms with E-state index in [0.717, 1.165) is 38.8 Å². The lowest BCUT2D eigenvalue weighted by Gasteiger charge is -2.40. The van der Waals surface area contributed by atoms with Crippen molar-refractivity contribution in [3.05, 3.63) is 0 Å². The zero-order chi connectivity index (χ0) is 16.9. The summed E-state index contributed by atoms with van der Waals surface area (Å²) in [6, 6.07) is 2.90. The van der Waals surface area contributed by atoms with Crippen LogP contribution in [0.25, 0.3) is 0 Å². The Labute approximate surface area is 140 Å². The van der Waals surface area contributed by atoms with Gasteiger partial charge in [-0.15, -0.1) is 0 Å². The van der Waals surface area contributed by atoms with Crippen molar-refractivity contribution in [3.8, 4) is 6.07 Å². The minimum absolute atomic E-state index is 0.165. The number of carbonyl (C=O) groups is 1. The summed E-state index contributed by atoms with van der Waals surface area (Å²) in [7, 11) is 0. The molecular weight excluding hydrogens is 290 g/mol. The Morgan fingerprint density at radius 3 is 2.70 bits per heavy atom. The summed E-state index contributed by atoms with van der Waals surface area (Å²) in [6.07, 6.45) is 7.29. The van der Waals surface area contributed by atoms with Gasteiger partial charge in [0.05, 0.1) is 6.07 Å². The number of ether oxygens (including phenoxy) is 1. The lowest BCUT2D eigenvalue weighted by Crippen LogP contribution is -2.50. The van der Waals surface area contributed by atoms with Gasteiger partial charge in [-0.2, -0.15) is 5.26 Å². The van der Waals surface area contributed by atoms with E-state index in [1.807, 2.05) is 25.7 Å². The standard InChI is InChI=1S/C18H31N3O2/c1-18(2,3)23-17(22)21-13-6-10-16(21)14-8-4-5-9-15(14)20-12-7-11-19/h14-16,20H,4-10,12-13H2,1-3H3. The first kappa shape index (κ1) is 18.1. The van der Waals surface area contributed by atoms with E-state index in [-0.39, 0.29) is 12.1 Å². The molecule has 0 aromatic heterocycles. The first-order valence-electron chi connectivity index (χ1n) is 9.02. The lowest BCUT2D eigenvalue weighted by atomic mass is 9.79. The molecule has 23 heavy (non-hydrogen) atoms. The number of nitriles is 1. The second-order valence-corrected chi connectivity index (χ2v) is 7.80. The molecule has 1 saturated carbocycles. The number of likely N-dealkylation sites (tertiary alicyclic amines) is 1. The minimum Gasteiger partial charge on any atom is -0.444 e. The van der Waals surface area contributed by atoms with Crippen LogP contribution >= 0.6 is 0 Å². The maximum absolute atomic E-state index is 12.5. The van der Waals surface area contributed by atoms with Crippen LogP contribution in [0.1, 0.15) is 65.7 Å². The first-order valence-corrected chi connectivity index (χ1v) is 9.02. The van der Waals surface area contributed by atoms with Crippen LogP contribution in [0.5, 0.6) is 0 Å². The van der Waals surface area contributed by atoms with Crippen LogP contribution in [0.4, 0.5) is 4.79 Å². The van der Waals surface area contributed by atoms with E-state index < -0.39 is 5.60 Å². The normalized spacial score (nSPS) is 28.4. The third-order valence-corrected chi connectivity index (χ3v) is 4.88. The number of amides is 1. The average Bonchev–Trinajstić information content (AvgIpc) is 2.96. The Hall–Kier alpha value is -1.28. The Balaban J connectivity index is 2.01. The average molecular weight is 321 g/mol. The van der Waals surface area contributed by atoms with Crippen LogP contribution in [-0.2, 0) is 4.74 Å². The van der Waals surface area contributed by atoms with Gasteiger partial charge in [0.1, 0.15) is 5.60 Å². The van der Waals surface area contributed by atoms with Crippen molar-refractivity contribution in [2.45, 2.75) is 83.4 Å². The van der Waals surface area contributed by atoms with Gasteiger partial charge in [0.2, 0.25) is 0 Å². The lowest BCUT2D eigenvalue weighted by molar-refractivity contribution is 0.0133. The van der Waals surface area contributed by atoms with Crippen molar-refractivity contribution < 1.29 is 9.53 Å². The van der Waals surface area contributed by atoms with Crippen LogP contribution in [0.2, 0.25) is 0 Å². The van der Waals surface area contributed by atoms with Gasteiger partial charge in [0.15, 0.2) is 0 Å². The smallest absolute Gasteiger partial charge is 0.410 e. The molecule has 0 aromatic rings. The highest BCUT2D eigenvalue weighted by Crippen LogP contribution is 2.35. The molecule has 1 amide bonds. The van der Waals surface area contributed by atoms with Crippen LogP contribution in [0.15, 0.2) is 0 Å². The predicted octanol–water partition coefficient (Wildman–Crippen LogP) is 3.45. The monoisotopic (exact) mass is 321 g/mol. The summed E-state index contributed by atoms with van der Waals surface area (Å²) >= 11 is 0. The summed E-state index contributed by atoms with van der Waals surface area (Å²) in [6.45, 7) is 7.31. The summed E-state index contributed by atoms with van der Waals surface area (Å²) < 4.78 is 5.60. The number of carbonyl (C=O) groups excluding carboxylic acids is 1. The molecule has 1 heterocycles. The fourth-order valence-electron chi connectivity index (χ4n) is 3.97. The quantitative estimate of drug-likeness (QED) is 0.805. The van der Waals surface area contributed by atoms with Crippen molar-refractivity contribution in [2.75, 3.05) is 13.1 Å². The van der Waals surface area contributed by atoms with Crippen molar-refractivity contribution in [2.24, 2.45) is 5.92 Å². The van der Waals surface area contributed by atoms with Gasteiger partial charge in [0.25, 0.3) is 0 Å². The van der Waals surface area contributed by atoms with Crippen LogP contribution in [-0.4, -0.2) is 41.8 Å². The summed E-state index contributed by atoms with van der Waals surface area (Å²) in [4.78, 5) is 14.5. The minimum atomic E-state index is -0.443. The molecule has 1 aliphatic carbocycles. The molecule has 1 N–H and O–H groups in total. The molecule has 0 bridgehead atoms. The maximum atomic E-state index is 12.5. The fourth-order valence-corrected chi connectivity index (χ4v) is 3.97. The molecule has 2 aliphatic rings. The van der Waals surface area contributed by atoms with Crippen molar-refractivity contribution in [1.29, 1.82) is 5.26 Å². The molecule has 0 aromatic carbocycles. The van der Waals surface area contributed by atoms with Gasteiger partial charge in [-0.1, -0.05) is 12.8 Å². The van der Waals surface area contributed by atoms with E-state index in [2.05, 4.69) is 11.4 Å². The molecular formula is C18H31N3O2.